The highest BCUT2D eigenvalue weighted by Crippen LogP contribution is 2.13. The van der Waals surface area contributed by atoms with Crippen LogP contribution in [-0.4, -0.2) is 51.5 Å². The smallest absolute Gasteiger partial charge is 0.153 e. The minimum Gasteiger partial charge on any atom is -0.491 e. The molecule has 1 atom stereocenters. The maximum Gasteiger partial charge on any atom is 0.153 e. The van der Waals surface area contributed by atoms with Crippen LogP contribution in [0.25, 0.3) is 0 Å². The summed E-state index contributed by atoms with van der Waals surface area (Å²) in [5.74, 6) is 0.252. The zero-order chi connectivity index (χ0) is 15.7. The highest BCUT2D eigenvalue weighted by atomic mass is 32.2. The van der Waals surface area contributed by atoms with E-state index in [0.29, 0.717) is 25.3 Å². The van der Waals surface area contributed by atoms with Gasteiger partial charge < -0.3 is 20.3 Å². The number of aliphatic hydroxyl groups excluding tert-OH is 1. The molecule has 1 aromatic carbocycles. The molecule has 0 fully saturated rings. The molecule has 0 spiro atoms. The SMILES string of the molecule is COCCCS(=O)(=O)CC(O)COc1cccc(CN)c1. The van der Waals surface area contributed by atoms with Gasteiger partial charge in [-0.05, 0) is 24.1 Å². The average Bonchev–Trinajstić information content (AvgIpc) is 2.45. The van der Waals surface area contributed by atoms with Crippen molar-refractivity contribution in [2.24, 2.45) is 5.73 Å². The first kappa shape index (κ1) is 17.9. The molecule has 0 saturated carbocycles. The standard InChI is InChI=1S/C14H23NO5S/c1-19-6-3-7-21(17,18)11-13(16)10-20-14-5-2-4-12(8-14)9-15/h2,4-5,8,13,16H,3,6-7,9-11,15H2,1H3. The summed E-state index contributed by atoms with van der Waals surface area (Å²) in [6.07, 6.45) is -0.635. The van der Waals surface area contributed by atoms with E-state index >= 15 is 0 Å². The van der Waals surface area contributed by atoms with Gasteiger partial charge in [0.05, 0.1) is 11.5 Å². The molecule has 21 heavy (non-hydrogen) atoms. The fourth-order valence-electron chi connectivity index (χ4n) is 1.80. The van der Waals surface area contributed by atoms with Crippen LogP contribution in [0.4, 0.5) is 0 Å². The highest BCUT2D eigenvalue weighted by Gasteiger charge is 2.17. The van der Waals surface area contributed by atoms with Gasteiger partial charge in [-0.15, -0.1) is 0 Å². The summed E-state index contributed by atoms with van der Waals surface area (Å²) in [5.41, 5.74) is 6.43. The lowest BCUT2D eigenvalue weighted by Crippen LogP contribution is -2.28. The second-order valence-electron chi connectivity index (χ2n) is 4.78. The van der Waals surface area contributed by atoms with Gasteiger partial charge in [-0.25, -0.2) is 8.42 Å². The van der Waals surface area contributed by atoms with Crippen LogP contribution in [0.1, 0.15) is 12.0 Å². The molecule has 0 aliphatic rings. The zero-order valence-corrected chi connectivity index (χ0v) is 13.0. The summed E-state index contributed by atoms with van der Waals surface area (Å²) in [6.45, 7) is 0.711. The van der Waals surface area contributed by atoms with Crippen LogP contribution in [0.3, 0.4) is 0 Å². The molecule has 1 unspecified atom stereocenters. The first-order valence-corrected chi connectivity index (χ1v) is 8.58. The van der Waals surface area contributed by atoms with Crippen LogP contribution in [0, 0.1) is 0 Å². The van der Waals surface area contributed by atoms with Gasteiger partial charge in [0.15, 0.2) is 9.84 Å². The molecule has 0 amide bonds. The number of sulfone groups is 1. The van der Waals surface area contributed by atoms with Crippen LogP contribution in [0.15, 0.2) is 24.3 Å². The average molecular weight is 317 g/mol. The van der Waals surface area contributed by atoms with Gasteiger partial charge in [0.25, 0.3) is 0 Å². The molecule has 7 heteroatoms. The van der Waals surface area contributed by atoms with Crippen LogP contribution in [0.5, 0.6) is 5.75 Å². The normalized spacial score (nSPS) is 13.1. The van der Waals surface area contributed by atoms with E-state index in [1.807, 2.05) is 6.07 Å². The van der Waals surface area contributed by atoms with E-state index in [2.05, 4.69) is 0 Å². The quantitative estimate of drug-likeness (QED) is 0.604. The van der Waals surface area contributed by atoms with Crippen LogP contribution < -0.4 is 10.5 Å². The molecular weight excluding hydrogens is 294 g/mol. The van der Waals surface area contributed by atoms with Gasteiger partial charge in [-0.2, -0.15) is 0 Å². The van der Waals surface area contributed by atoms with E-state index in [-0.39, 0.29) is 18.1 Å². The number of hydrogen-bond acceptors (Lipinski definition) is 6. The van der Waals surface area contributed by atoms with Crippen molar-refractivity contribution in [1.29, 1.82) is 0 Å². The Labute approximate surface area is 125 Å². The maximum absolute atomic E-state index is 11.7. The number of methoxy groups -OCH3 is 1. The van der Waals surface area contributed by atoms with Crippen LogP contribution in [0.2, 0.25) is 0 Å². The molecule has 0 saturated heterocycles. The molecule has 120 valence electrons. The number of benzene rings is 1. The fourth-order valence-corrected chi connectivity index (χ4v) is 3.21. The molecule has 1 rings (SSSR count). The third-order valence-corrected chi connectivity index (χ3v) is 4.63. The molecule has 3 N–H and O–H groups in total. The topological polar surface area (TPSA) is 98.9 Å². The Morgan fingerprint density at radius 1 is 1.38 bits per heavy atom. The Morgan fingerprint density at radius 2 is 2.14 bits per heavy atom. The summed E-state index contributed by atoms with van der Waals surface area (Å²) in [6, 6.07) is 7.16. The largest absolute Gasteiger partial charge is 0.491 e. The van der Waals surface area contributed by atoms with Crippen molar-refractivity contribution in [1.82, 2.24) is 0 Å². The second kappa shape index (κ2) is 8.99. The minimum absolute atomic E-state index is 0.000554. The van der Waals surface area contributed by atoms with Crippen molar-refractivity contribution >= 4 is 9.84 Å². The van der Waals surface area contributed by atoms with Crippen molar-refractivity contribution < 1.29 is 23.0 Å². The fraction of sp³-hybridized carbons (Fsp3) is 0.571. The monoisotopic (exact) mass is 317 g/mol. The summed E-state index contributed by atoms with van der Waals surface area (Å²) in [5, 5.41) is 9.77. The third-order valence-electron chi connectivity index (χ3n) is 2.83. The van der Waals surface area contributed by atoms with E-state index in [0.717, 1.165) is 5.56 Å². The lowest BCUT2D eigenvalue weighted by molar-refractivity contribution is 0.124. The predicted octanol–water partition coefficient (Wildman–Crippen LogP) is 0.336. The van der Waals surface area contributed by atoms with E-state index in [1.165, 1.54) is 7.11 Å². The van der Waals surface area contributed by atoms with Gasteiger partial charge in [0.2, 0.25) is 0 Å². The molecule has 0 heterocycles. The summed E-state index contributed by atoms with van der Waals surface area (Å²) in [4.78, 5) is 0. The number of ether oxygens (including phenoxy) is 2. The number of rotatable bonds is 10. The molecule has 0 radical (unpaired) electrons. The van der Waals surface area contributed by atoms with Crippen molar-refractivity contribution in [3.05, 3.63) is 29.8 Å². The zero-order valence-electron chi connectivity index (χ0n) is 12.2. The summed E-state index contributed by atoms with van der Waals surface area (Å²) >= 11 is 0. The van der Waals surface area contributed by atoms with Crippen LogP contribution >= 0.6 is 0 Å². The van der Waals surface area contributed by atoms with Gasteiger partial charge in [0, 0.05) is 20.3 Å². The summed E-state index contributed by atoms with van der Waals surface area (Å²) in [7, 11) is -1.78. The van der Waals surface area contributed by atoms with Crippen LogP contribution in [-0.2, 0) is 21.1 Å². The second-order valence-corrected chi connectivity index (χ2v) is 7.01. The Morgan fingerprint density at radius 3 is 2.81 bits per heavy atom. The number of aliphatic hydroxyl groups is 1. The van der Waals surface area contributed by atoms with Gasteiger partial charge in [0.1, 0.15) is 18.5 Å². The summed E-state index contributed by atoms with van der Waals surface area (Å²) < 4.78 is 33.7. The first-order valence-electron chi connectivity index (χ1n) is 6.76. The molecule has 0 aliphatic carbocycles. The Balaban J connectivity index is 2.40. The molecule has 1 aromatic rings. The van der Waals surface area contributed by atoms with Crippen molar-refractivity contribution in [2.45, 2.75) is 19.1 Å². The number of nitrogens with two attached hydrogens (primary N) is 1. The van der Waals surface area contributed by atoms with E-state index in [1.54, 1.807) is 18.2 Å². The molecule has 0 aromatic heterocycles. The molecular formula is C14H23NO5S. The lowest BCUT2D eigenvalue weighted by atomic mass is 10.2. The molecule has 6 nitrogen and oxygen atoms in total. The third kappa shape index (κ3) is 7.42. The molecule has 0 aliphatic heterocycles. The van der Waals surface area contributed by atoms with E-state index in [9.17, 15) is 13.5 Å². The van der Waals surface area contributed by atoms with Crippen molar-refractivity contribution in [3.8, 4) is 5.75 Å². The predicted molar refractivity (Wildman–Crippen MR) is 81.0 cm³/mol. The van der Waals surface area contributed by atoms with Gasteiger partial charge >= 0.3 is 0 Å². The molecule has 0 bridgehead atoms. The Hall–Kier alpha value is -1.15. The van der Waals surface area contributed by atoms with Gasteiger partial charge in [-0.1, -0.05) is 12.1 Å². The highest BCUT2D eigenvalue weighted by molar-refractivity contribution is 7.91. The van der Waals surface area contributed by atoms with E-state index in [4.69, 9.17) is 15.2 Å². The van der Waals surface area contributed by atoms with Gasteiger partial charge in [-0.3, -0.25) is 0 Å². The maximum atomic E-state index is 11.7. The Bertz CT molecular complexity index is 518. The Kier molecular flexibility index (Phi) is 7.66. The van der Waals surface area contributed by atoms with Crippen molar-refractivity contribution in [2.75, 3.05) is 31.8 Å². The van der Waals surface area contributed by atoms with Crippen molar-refractivity contribution in [3.63, 3.8) is 0 Å². The number of hydrogen-bond donors (Lipinski definition) is 2. The van der Waals surface area contributed by atoms with E-state index < -0.39 is 15.9 Å². The first-order chi connectivity index (χ1) is 9.96. The minimum atomic E-state index is -3.30. The lowest BCUT2D eigenvalue weighted by Gasteiger charge is -2.13.